The maximum Gasteiger partial charge on any atom is 0.337 e. The maximum atomic E-state index is 12.9. The number of hydrogen-bond acceptors (Lipinski definition) is 5. The number of anilines is 1. The second-order valence-electron chi connectivity index (χ2n) is 6.27. The lowest BCUT2D eigenvalue weighted by molar-refractivity contribution is 0.0601. The van der Waals surface area contributed by atoms with Gasteiger partial charge in [0.25, 0.3) is 10.0 Å². The molecule has 142 valence electrons. The number of hydrogen-bond donors (Lipinski definition) is 1. The molecule has 0 atom stereocenters. The predicted octanol–water partition coefficient (Wildman–Crippen LogP) is 4.75. The molecular weight excluding hydrogens is 382 g/mol. The van der Waals surface area contributed by atoms with E-state index >= 15 is 0 Å². The molecule has 0 saturated carbocycles. The van der Waals surface area contributed by atoms with Gasteiger partial charge in [0.1, 0.15) is 4.21 Å². The molecule has 5 nitrogen and oxygen atoms in total. The number of sulfonamides is 1. The highest BCUT2D eigenvalue weighted by Crippen LogP contribution is 2.35. The average Bonchev–Trinajstić information content (AvgIpc) is 2.98. The summed E-state index contributed by atoms with van der Waals surface area (Å²) in [5, 5.41) is 0.967. The molecule has 0 spiro atoms. The summed E-state index contributed by atoms with van der Waals surface area (Å²) in [5.74, 6) is -0.516. The Morgan fingerprint density at radius 2 is 1.96 bits per heavy atom. The van der Waals surface area contributed by atoms with Gasteiger partial charge in [-0.2, -0.15) is 0 Å². The van der Waals surface area contributed by atoms with E-state index in [1.54, 1.807) is 18.2 Å². The number of carbonyl (C=O) groups is 1. The number of fused-ring (bicyclic) bond motifs is 1. The Morgan fingerprint density at radius 1 is 1.19 bits per heavy atom. The van der Waals surface area contributed by atoms with Crippen molar-refractivity contribution in [3.05, 3.63) is 59.2 Å². The van der Waals surface area contributed by atoms with Gasteiger partial charge < -0.3 is 4.74 Å². The Hall–Kier alpha value is -2.38. The number of ether oxygens (including phenoxy) is 1. The standard InChI is InChI=1S/C20H21NO4S2/c1-4-6-14-9-10-18-17(11-14)13(2)20(26-18)27(23,24)21-16-8-5-7-15(12-16)19(22)25-3/h5,7-12,21H,4,6H2,1-3H3. The van der Waals surface area contributed by atoms with Gasteiger partial charge in [0.2, 0.25) is 0 Å². The second kappa shape index (κ2) is 7.70. The first kappa shape index (κ1) is 19.4. The van der Waals surface area contributed by atoms with Gasteiger partial charge in [0, 0.05) is 10.4 Å². The first-order valence-corrected chi connectivity index (χ1v) is 10.9. The molecule has 1 aromatic heterocycles. The number of thiophene rings is 1. The van der Waals surface area contributed by atoms with E-state index in [1.807, 2.05) is 19.1 Å². The molecule has 0 radical (unpaired) electrons. The van der Waals surface area contributed by atoms with Crippen LogP contribution in [0.25, 0.3) is 10.1 Å². The summed E-state index contributed by atoms with van der Waals surface area (Å²) in [4.78, 5) is 11.7. The van der Waals surface area contributed by atoms with Crippen LogP contribution < -0.4 is 4.72 Å². The van der Waals surface area contributed by atoms with Crippen molar-refractivity contribution in [2.75, 3.05) is 11.8 Å². The number of methoxy groups -OCH3 is 1. The van der Waals surface area contributed by atoms with Crippen LogP contribution in [0.3, 0.4) is 0 Å². The minimum absolute atomic E-state index is 0.287. The predicted molar refractivity (Wildman–Crippen MR) is 109 cm³/mol. The van der Waals surface area contributed by atoms with Crippen molar-refractivity contribution in [3.63, 3.8) is 0 Å². The summed E-state index contributed by atoms with van der Waals surface area (Å²) in [6, 6.07) is 12.3. The van der Waals surface area contributed by atoms with Gasteiger partial charge in [-0.25, -0.2) is 13.2 Å². The fourth-order valence-corrected chi connectivity index (χ4v) is 5.77. The number of nitrogens with one attached hydrogen (secondary N) is 1. The third-order valence-corrected chi connectivity index (χ3v) is 7.55. The van der Waals surface area contributed by atoms with Crippen LogP contribution >= 0.6 is 11.3 Å². The molecule has 0 saturated heterocycles. The van der Waals surface area contributed by atoms with Gasteiger partial charge in [0.05, 0.1) is 12.7 Å². The summed E-state index contributed by atoms with van der Waals surface area (Å²) in [7, 11) is -2.48. The monoisotopic (exact) mass is 403 g/mol. The third-order valence-electron chi connectivity index (χ3n) is 4.28. The van der Waals surface area contributed by atoms with E-state index in [1.165, 1.54) is 30.1 Å². The van der Waals surface area contributed by atoms with Crippen molar-refractivity contribution in [1.29, 1.82) is 0 Å². The zero-order valence-corrected chi connectivity index (χ0v) is 17.0. The fourth-order valence-electron chi connectivity index (χ4n) is 2.98. The number of aryl methyl sites for hydroxylation is 2. The minimum Gasteiger partial charge on any atom is -0.465 e. The van der Waals surface area contributed by atoms with Crippen LogP contribution in [0.4, 0.5) is 5.69 Å². The molecule has 3 aromatic rings. The first-order valence-electron chi connectivity index (χ1n) is 8.59. The van der Waals surface area contributed by atoms with Crippen LogP contribution in [0.5, 0.6) is 0 Å². The molecule has 3 rings (SSSR count). The van der Waals surface area contributed by atoms with Crippen molar-refractivity contribution in [2.45, 2.75) is 30.9 Å². The van der Waals surface area contributed by atoms with Crippen molar-refractivity contribution in [1.82, 2.24) is 0 Å². The number of esters is 1. The Balaban J connectivity index is 1.98. The number of carbonyl (C=O) groups excluding carboxylic acids is 1. The van der Waals surface area contributed by atoms with Crippen molar-refractivity contribution in [3.8, 4) is 0 Å². The van der Waals surface area contributed by atoms with Gasteiger partial charge in [-0.1, -0.05) is 31.5 Å². The van der Waals surface area contributed by atoms with E-state index in [9.17, 15) is 13.2 Å². The topological polar surface area (TPSA) is 72.5 Å². The van der Waals surface area contributed by atoms with E-state index in [4.69, 9.17) is 0 Å². The highest BCUT2D eigenvalue weighted by Gasteiger charge is 2.22. The van der Waals surface area contributed by atoms with E-state index in [0.29, 0.717) is 5.69 Å². The molecule has 0 aliphatic carbocycles. The van der Waals surface area contributed by atoms with E-state index in [-0.39, 0.29) is 9.77 Å². The molecule has 0 amide bonds. The molecule has 2 aromatic carbocycles. The Bertz CT molecular complexity index is 1100. The van der Waals surface area contributed by atoms with Crippen molar-refractivity contribution < 1.29 is 17.9 Å². The second-order valence-corrected chi connectivity index (χ2v) is 9.20. The zero-order valence-electron chi connectivity index (χ0n) is 15.4. The van der Waals surface area contributed by atoms with Crippen molar-refractivity contribution >= 4 is 43.1 Å². The summed E-state index contributed by atoms with van der Waals surface area (Å²) in [5.41, 5.74) is 2.55. The largest absolute Gasteiger partial charge is 0.465 e. The normalized spacial score (nSPS) is 11.5. The SMILES string of the molecule is CCCc1ccc2sc(S(=O)(=O)Nc3cccc(C(=O)OC)c3)c(C)c2c1. The van der Waals surface area contributed by atoms with Gasteiger partial charge >= 0.3 is 5.97 Å². The highest BCUT2D eigenvalue weighted by molar-refractivity contribution is 7.94. The smallest absolute Gasteiger partial charge is 0.337 e. The summed E-state index contributed by atoms with van der Waals surface area (Å²) < 4.78 is 34.4. The molecule has 1 heterocycles. The molecular formula is C20H21NO4S2. The summed E-state index contributed by atoms with van der Waals surface area (Å²) in [6.07, 6.45) is 2.00. The van der Waals surface area contributed by atoms with Crippen LogP contribution in [0.1, 0.15) is 34.8 Å². The van der Waals surface area contributed by atoms with Gasteiger partial charge in [-0.3, -0.25) is 4.72 Å². The molecule has 27 heavy (non-hydrogen) atoms. The van der Waals surface area contributed by atoms with Gasteiger partial charge in [-0.05, 0) is 54.1 Å². The average molecular weight is 404 g/mol. The van der Waals surface area contributed by atoms with E-state index in [2.05, 4.69) is 22.4 Å². The summed E-state index contributed by atoms with van der Waals surface area (Å²) in [6.45, 7) is 3.95. The highest BCUT2D eigenvalue weighted by atomic mass is 32.2. The van der Waals surface area contributed by atoms with E-state index in [0.717, 1.165) is 28.5 Å². The van der Waals surface area contributed by atoms with E-state index < -0.39 is 16.0 Å². The van der Waals surface area contributed by atoms with Crippen LogP contribution in [-0.2, 0) is 21.2 Å². The van der Waals surface area contributed by atoms with Crippen LogP contribution in [-0.4, -0.2) is 21.5 Å². The molecule has 0 fully saturated rings. The molecule has 0 aliphatic rings. The molecule has 1 N–H and O–H groups in total. The lowest BCUT2D eigenvalue weighted by atomic mass is 10.1. The Labute approximate surface area is 163 Å². The number of rotatable bonds is 6. The van der Waals surface area contributed by atoms with Crippen molar-refractivity contribution in [2.24, 2.45) is 0 Å². The molecule has 7 heteroatoms. The van der Waals surface area contributed by atoms with Gasteiger partial charge in [-0.15, -0.1) is 11.3 Å². The third kappa shape index (κ3) is 3.99. The Kier molecular flexibility index (Phi) is 5.53. The fraction of sp³-hybridized carbons (Fsp3) is 0.250. The molecule has 0 bridgehead atoms. The maximum absolute atomic E-state index is 12.9. The lowest BCUT2D eigenvalue weighted by Gasteiger charge is -2.08. The quantitative estimate of drug-likeness (QED) is 0.603. The molecule has 0 unspecified atom stereocenters. The van der Waals surface area contributed by atoms with Gasteiger partial charge in [0.15, 0.2) is 0 Å². The molecule has 0 aliphatic heterocycles. The Morgan fingerprint density at radius 3 is 2.67 bits per heavy atom. The van der Waals surface area contributed by atoms with Crippen LogP contribution in [0.15, 0.2) is 46.7 Å². The van der Waals surface area contributed by atoms with Crippen LogP contribution in [0, 0.1) is 6.92 Å². The lowest BCUT2D eigenvalue weighted by Crippen LogP contribution is -2.13. The minimum atomic E-state index is -3.76. The van der Waals surface area contributed by atoms with Crippen LogP contribution in [0.2, 0.25) is 0 Å². The zero-order chi connectivity index (χ0) is 19.6. The summed E-state index contributed by atoms with van der Waals surface area (Å²) >= 11 is 1.25. The number of benzene rings is 2. The first-order chi connectivity index (χ1) is 12.9.